The zero-order chi connectivity index (χ0) is 23.4. The Morgan fingerprint density at radius 1 is 1.06 bits per heavy atom. The van der Waals surface area contributed by atoms with Gasteiger partial charge in [0, 0.05) is 28.8 Å². The molecule has 0 aliphatic rings. The molecular weight excluding hydrogens is 452 g/mol. The summed E-state index contributed by atoms with van der Waals surface area (Å²) in [5.41, 5.74) is -0.169. The van der Waals surface area contributed by atoms with Crippen LogP contribution in [0.4, 0.5) is 8.78 Å². The lowest BCUT2D eigenvalue weighted by atomic mass is 10.1. The fraction of sp³-hybridized carbons (Fsp3) is 0.0870. The summed E-state index contributed by atoms with van der Waals surface area (Å²) in [5, 5.41) is 13.9. The van der Waals surface area contributed by atoms with E-state index in [4.69, 9.17) is 0 Å². The summed E-state index contributed by atoms with van der Waals surface area (Å²) in [6, 6.07) is 7.99. The normalized spacial score (nSPS) is 11.5. The molecule has 0 unspecified atom stereocenters. The highest BCUT2D eigenvalue weighted by Crippen LogP contribution is 2.31. The van der Waals surface area contributed by atoms with Crippen LogP contribution in [-0.4, -0.2) is 25.2 Å². The highest BCUT2D eigenvalue weighted by molar-refractivity contribution is 7.09. The number of fused-ring (bicyclic) bond motifs is 2. The van der Waals surface area contributed by atoms with E-state index in [0.717, 1.165) is 28.3 Å². The second-order valence-electron chi connectivity index (χ2n) is 7.66. The molecule has 2 aromatic carbocycles. The fourth-order valence-corrected chi connectivity index (χ4v) is 4.84. The summed E-state index contributed by atoms with van der Waals surface area (Å²) in [6.45, 7) is 1.60. The second kappa shape index (κ2) is 7.52. The number of halogens is 2. The van der Waals surface area contributed by atoms with Crippen LogP contribution in [0.25, 0.3) is 27.5 Å². The van der Waals surface area contributed by atoms with Crippen molar-refractivity contribution in [2.24, 2.45) is 0 Å². The smallest absolute Gasteiger partial charge is 0.354 e. The monoisotopic (exact) mass is 467 g/mol. The summed E-state index contributed by atoms with van der Waals surface area (Å²) < 4.78 is 29.7. The van der Waals surface area contributed by atoms with Gasteiger partial charge in [0.2, 0.25) is 0 Å². The lowest BCUT2D eigenvalue weighted by Gasteiger charge is -2.10. The molecule has 0 amide bonds. The van der Waals surface area contributed by atoms with Gasteiger partial charge in [-0.05, 0) is 36.8 Å². The van der Waals surface area contributed by atoms with Crippen LogP contribution >= 0.6 is 11.3 Å². The Bertz CT molecular complexity index is 1690. The number of nitrogens with zero attached hydrogens (tertiary/aromatic N) is 2. The van der Waals surface area contributed by atoms with Gasteiger partial charge in [0.25, 0.3) is 5.56 Å². The Balaban J connectivity index is 1.90. The van der Waals surface area contributed by atoms with Crippen molar-refractivity contribution < 1.29 is 18.7 Å². The molecule has 0 saturated carbocycles. The van der Waals surface area contributed by atoms with Crippen molar-refractivity contribution in [3.05, 3.63) is 96.5 Å². The van der Waals surface area contributed by atoms with Crippen LogP contribution in [0.15, 0.2) is 56.7 Å². The highest BCUT2D eigenvalue weighted by Gasteiger charge is 2.27. The van der Waals surface area contributed by atoms with Crippen LogP contribution < -0.4 is 11.2 Å². The van der Waals surface area contributed by atoms with Crippen LogP contribution in [0.3, 0.4) is 0 Å². The number of benzene rings is 2. The van der Waals surface area contributed by atoms with Gasteiger partial charge in [-0.3, -0.25) is 4.79 Å². The number of aromatic nitrogens is 3. The van der Waals surface area contributed by atoms with E-state index in [1.807, 2.05) is 0 Å². The Hall–Kier alpha value is -4.05. The molecule has 0 fully saturated rings. The van der Waals surface area contributed by atoms with E-state index >= 15 is 0 Å². The average Bonchev–Trinajstić information content (AvgIpc) is 3.30. The quantitative estimate of drug-likeness (QED) is 0.417. The van der Waals surface area contributed by atoms with Gasteiger partial charge in [-0.15, -0.1) is 11.3 Å². The van der Waals surface area contributed by atoms with E-state index in [1.165, 1.54) is 15.9 Å². The molecule has 0 bridgehead atoms. The number of rotatable bonds is 4. The largest absolute Gasteiger partial charge is 0.477 e. The van der Waals surface area contributed by atoms with Gasteiger partial charge in [0.1, 0.15) is 11.6 Å². The van der Waals surface area contributed by atoms with Gasteiger partial charge in [0.15, 0.2) is 5.69 Å². The third-order valence-corrected chi connectivity index (χ3v) is 6.17. The predicted octanol–water partition coefficient (Wildman–Crippen LogP) is 4.03. The first kappa shape index (κ1) is 20.8. The molecule has 3 heterocycles. The minimum absolute atomic E-state index is 0.0996. The summed E-state index contributed by atoms with van der Waals surface area (Å²) in [7, 11) is 0. The van der Waals surface area contributed by atoms with E-state index in [1.54, 1.807) is 35.9 Å². The zero-order valence-electron chi connectivity index (χ0n) is 17.1. The van der Waals surface area contributed by atoms with Crippen molar-refractivity contribution in [1.82, 2.24) is 14.1 Å². The summed E-state index contributed by atoms with van der Waals surface area (Å²) in [4.78, 5) is 41.2. The SMILES string of the molecule is Cc1ccc2c(c1)c(-n1c(=O)[nH]c3cscc3c1=O)c(C(=O)O)n2Cc1cc(F)cc(F)c1. The Labute approximate surface area is 187 Å². The van der Waals surface area contributed by atoms with Gasteiger partial charge in [-0.2, -0.15) is 0 Å². The van der Waals surface area contributed by atoms with Gasteiger partial charge in [0.05, 0.1) is 22.1 Å². The minimum atomic E-state index is -1.40. The van der Waals surface area contributed by atoms with Gasteiger partial charge >= 0.3 is 11.7 Å². The van der Waals surface area contributed by atoms with Gasteiger partial charge in [-0.25, -0.2) is 22.9 Å². The third-order valence-electron chi connectivity index (χ3n) is 5.42. The number of aryl methyl sites for hydroxylation is 1. The highest BCUT2D eigenvalue weighted by atomic mass is 32.1. The van der Waals surface area contributed by atoms with E-state index in [9.17, 15) is 28.3 Å². The molecule has 5 rings (SSSR count). The van der Waals surface area contributed by atoms with Crippen molar-refractivity contribution in [3.8, 4) is 5.69 Å². The molecule has 0 atom stereocenters. The first-order chi connectivity index (χ1) is 15.7. The maximum atomic E-state index is 13.8. The van der Waals surface area contributed by atoms with Crippen molar-refractivity contribution in [1.29, 1.82) is 0 Å². The predicted molar refractivity (Wildman–Crippen MR) is 121 cm³/mol. The lowest BCUT2D eigenvalue weighted by Crippen LogP contribution is -2.34. The Kier molecular flexibility index (Phi) is 4.75. The topological polar surface area (TPSA) is 97.1 Å². The maximum absolute atomic E-state index is 13.8. The van der Waals surface area contributed by atoms with E-state index in [2.05, 4.69) is 4.98 Å². The number of H-pyrrole nitrogens is 1. The molecule has 0 saturated heterocycles. The first-order valence-corrected chi connectivity index (χ1v) is 10.7. The first-order valence-electron chi connectivity index (χ1n) is 9.77. The summed E-state index contributed by atoms with van der Waals surface area (Å²) >= 11 is 1.23. The van der Waals surface area contributed by atoms with Gasteiger partial charge in [-0.1, -0.05) is 11.6 Å². The second-order valence-corrected chi connectivity index (χ2v) is 8.40. The molecule has 0 aliphatic heterocycles. The summed E-state index contributed by atoms with van der Waals surface area (Å²) in [5.74, 6) is -3.00. The molecule has 0 aliphatic carbocycles. The van der Waals surface area contributed by atoms with E-state index in [-0.39, 0.29) is 28.9 Å². The van der Waals surface area contributed by atoms with Crippen LogP contribution in [-0.2, 0) is 6.54 Å². The molecule has 0 radical (unpaired) electrons. The molecule has 0 spiro atoms. The molecule has 166 valence electrons. The van der Waals surface area contributed by atoms with Crippen LogP contribution in [0.2, 0.25) is 0 Å². The number of aromatic carboxylic acids is 1. The lowest BCUT2D eigenvalue weighted by molar-refractivity contribution is 0.0686. The molecular formula is C23H15F2N3O4S. The third kappa shape index (κ3) is 3.35. The van der Waals surface area contributed by atoms with Crippen molar-refractivity contribution in [2.45, 2.75) is 13.5 Å². The van der Waals surface area contributed by atoms with Crippen molar-refractivity contribution in [3.63, 3.8) is 0 Å². The molecule has 5 aromatic rings. The Morgan fingerprint density at radius 2 is 1.79 bits per heavy atom. The number of thiophene rings is 1. The van der Waals surface area contributed by atoms with Crippen LogP contribution in [0, 0.1) is 18.6 Å². The summed E-state index contributed by atoms with van der Waals surface area (Å²) in [6.07, 6.45) is 0. The number of hydrogen-bond donors (Lipinski definition) is 2. The number of carboxylic acids is 1. The van der Waals surface area contributed by atoms with Crippen LogP contribution in [0.1, 0.15) is 21.6 Å². The fourth-order valence-electron chi connectivity index (χ4n) is 4.09. The number of carboxylic acid groups (broad SMARTS) is 1. The molecule has 10 heteroatoms. The van der Waals surface area contributed by atoms with Gasteiger partial charge < -0.3 is 14.7 Å². The van der Waals surface area contributed by atoms with Crippen molar-refractivity contribution in [2.75, 3.05) is 0 Å². The van der Waals surface area contributed by atoms with E-state index in [0.29, 0.717) is 16.4 Å². The molecule has 2 N–H and O–H groups in total. The average molecular weight is 467 g/mol. The number of aromatic amines is 1. The number of nitrogens with one attached hydrogen (secondary N) is 1. The number of carbonyl (C=O) groups is 1. The molecule has 33 heavy (non-hydrogen) atoms. The molecule has 3 aromatic heterocycles. The maximum Gasteiger partial charge on any atom is 0.354 e. The Morgan fingerprint density at radius 3 is 2.48 bits per heavy atom. The molecule has 7 nitrogen and oxygen atoms in total. The van der Waals surface area contributed by atoms with E-state index < -0.39 is 28.9 Å². The zero-order valence-corrected chi connectivity index (χ0v) is 17.9. The number of hydrogen-bond acceptors (Lipinski definition) is 4. The minimum Gasteiger partial charge on any atom is -0.477 e. The van der Waals surface area contributed by atoms with Crippen LogP contribution in [0.5, 0.6) is 0 Å². The standard InChI is InChI=1S/C23H15F2N3O4S/c1-11-2-3-18-15(4-11)19(28-21(29)16-9-33-10-17(16)26-23(28)32)20(22(30)31)27(18)8-12-5-13(24)7-14(25)6-12/h2-7,9-10H,8H2,1H3,(H,26,32)(H,30,31). The van der Waals surface area contributed by atoms with Crippen molar-refractivity contribution >= 4 is 39.1 Å².